The molecule has 0 aliphatic heterocycles. The highest BCUT2D eigenvalue weighted by Gasteiger charge is 2.29. The second kappa shape index (κ2) is 48.2. The van der Waals surface area contributed by atoms with E-state index in [2.05, 4.69) is 153 Å². The van der Waals surface area contributed by atoms with E-state index in [0.29, 0.717) is 30.3 Å². The quantitative estimate of drug-likeness (QED) is 0.0240. The van der Waals surface area contributed by atoms with Gasteiger partial charge in [-0.2, -0.15) is 0 Å². The van der Waals surface area contributed by atoms with E-state index in [1.165, 1.54) is 44.9 Å². The fourth-order valence-electron chi connectivity index (χ4n) is 6.75. The molecular formula is C59H99N2O7P. The van der Waals surface area contributed by atoms with Crippen LogP contribution in [0.2, 0.25) is 0 Å². The number of aliphatic hydroxyl groups is 2. The van der Waals surface area contributed by atoms with Crippen LogP contribution in [0.25, 0.3) is 0 Å². The van der Waals surface area contributed by atoms with E-state index < -0.39 is 32.7 Å². The first kappa shape index (κ1) is 65.6. The smallest absolute Gasteiger partial charge is 0.268 e. The lowest BCUT2D eigenvalue weighted by atomic mass is 10.0. The third kappa shape index (κ3) is 49.4. The minimum absolute atomic E-state index is 0.0627. The average molecular weight is 979 g/mol. The van der Waals surface area contributed by atoms with Crippen LogP contribution in [0.3, 0.4) is 0 Å². The molecule has 392 valence electrons. The van der Waals surface area contributed by atoms with Crippen LogP contribution in [0.1, 0.15) is 174 Å². The number of aliphatic hydroxyl groups excluding tert-OH is 2. The van der Waals surface area contributed by atoms with E-state index in [9.17, 15) is 24.5 Å². The van der Waals surface area contributed by atoms with Gasteiger partial charge in [-0.25, -0.2) is 0 Å². The van der Waals surface area contributed by atoms with Gasteiger partial charge in [-0.3, -0.25) is 9.36 Å². The van der Waals surface area contributed by atoms with Crippen molar-refractivity contribution in [3.05, 3.63) is 134 Å². The number of carbonyl (C=O) groups is 1. The Morgan fingerprint density at radius 2 is 0.913 bits per heavy atom. The van der Waals surface area contributed by atoms with Gasteiger partial charge in [-0.1, -0.05) is 186 Å². The summed E-state index contributed by atoms with van der Waals surface area (Å²) in [4.78, 5) is 25.4. The van der Waals surface area contributed by atoms with Crippen molar-refractivity contribution in [3.63, 3.8) is 0 Å². The molecule has 0 fully saturated rings. The summed E-state index contributed by atoms with van der Waals surface area (Å²) in [6.45, 7) is 4.23. The fourth-order valence-corrected chi connectivity index (χ4v) is 7.47. The summed E-state index contributed by atoms with van der Waals surface area (Å²) in [7, 11) is 1.05. The summed E-state index contributed by atoms with van der Waals surface area (Å²) in [5.74, 6) is -0.338. The summed E-state index contributed by atoms with van der Waals surface area (Å²) < 4.78 is 23.2. The Balaban J connectivity index is 4.42. The highest BCUT2D eigenvalue weighted by atomic mass is 31.2. The Hall–Kier alpha value is -3.40. The number of hydrogen-bond donors (Lipinski definition) is 3. The van der Waals surface area contributed by atoms with Gasteiger partial charge < -0.3 is 34.0 Å². The van der Waals surface area contributed by atoms with Crippen LogP contribution < -0.4 is 10.2 Å². The molecule has 0 radical (unpaired) electrons. The van der Waals surface area contributed by atoms with Gasteiger partial charge in [0.15, 0.2) is 0 Å². The number of nitrogens with one attached hydrogen (secondary N) is 1. The molecule has 4 unspecified atom stereocenters. The molecule has 0 aliphatic rings. The second-order valence-corrected chi connectivity index (χ2v) is 20.0. The van der Waals surface area contributed by atoms with Gasteiger partial charge >= 0.3 is 0 Å². The number of phosphoric ester groups is 1. The number of nitrogens with zero attached hydrogens (tertiary/aromatic N) is 1. The molecule has 3 N–H and O–H groups in total. The fraction of sp³-hybridized carbons (Fsp3) is 0.610. The molecule has 4 atom stereocenters. The molecule has 0 heterocycles. The van der Waals surface area contributed by atoms with Crippen LogP contribution in [0.4, 0.5) is 0 Å². The average Bonchev–Trinajstić information content (AvgIpc) is 3.31. The number of hydrogen-bond acceptors (Lipinski definition) is 7. The van der Waals surface area contributed by atoms with Crippen molar-refractivity contribution in [3.8, 4) is 0 Å². The van der Waals surface area contributed by atoms with Crippen LogP contribution in [-0.2, 0) is 18.4 Å². The van der Waals surface area contributed by atoms with Gasteiger partial charge in [0.25, 0.3) is 7.82 Å². The van der Waals surface area contributed by atoms with Gasteiger partial charge in [-0.05, 0) is 116 Å². The number of amides is 1. The predicted molar refractivity (Wildman–Crippen MR) is 294 cm³/mol. The molecule has 0 saturated carbocycles. The van der Waals surface area contributed by atoms with E-state index >= 15 is 0 Å². The molecule has 0 aromatic carbocycles. The normalized spacial score (nSPS) is 15.5. The number of unbranched alkanes of at least 4 members (excludes halogenated alkanes) is 10. The number of allylic oxidation sites excluding steroid dienone is 22. The van der Waals surface area contributed by atoms with E-state index in [1.54, 1.807) is 0 Å². The monoisotopic (exact) mass is 979 g/mol. The molecule has 0 saturated heterocycles. The van der Waals surface area contributed by atoms with E-state index in [-0.39, 0.29) is 18.9 Å². The molecule has 0 aliphatic carbocycles. The number of rotatable bonds is 46. The van der Waals surface area contributed by atoms with Gasteiger partial charge in [0, 0.05) is 6.42 Å². The van der Waals surface area contributed by atoms with Gasteiger partial charge in [0.2, 0.25) is 5.91 Å². The SMILES string of the molecule is CC/C=C\C/C=C\C/C=C\C/C=C\C/C=C\C/C=C\C/C=C\C/C=C\C/C=C\C/C=C\CCCCC(=O)NC(COP(=O)([O-])OCC[N+](C)(C)C)C(O)C(O)CCC/C=C/CCCCCCCCC. The topological polar surface area (TPSA) is 128 Å². The van der Waals surface area contributed by atoms with E-state index in [0.717, 1.165) is 89.9 Å². The highest BCUT2D eigenvalue weighted by molar-refractivity contribution is 7.45. The van der Waals surface area contributed by atoms with Gasteiger partial charge in [0.05, 0.1) is 39.9 Å². The van der Waals surface area contributed by atoms with Crippen molar-refractivity contribution in [2.24, 2.45) is 0 Å². The third-order valence-corrected chi connectivity index (χ3v) is 11.9. The third-order valence-electron chi connectivity index (χ3n) is 11.0. The van der Waals surface area contributed by atoms with Crippen molar-refractivity contribution in [1.29, 1.82) is 0 Å². The molecule has 10 heteroatoms. The highest BCUT2D eigenvalue weighted by Crippen LogP contribution is 2.38. The summed E-state index contributed by atoms with van der Waals surface area (Å²) in [6.07, 6.45) is 69.4. The summed E-state index contributed by atoms with van der Waals surface area (Å²) >= 11 is 0. The first-order chi connectivity index (χ1) is 33.4. The first-order valence-electron chi connectivity index (χ1n) is 26.6. The van der Waals surface area contributed by atoms with Crippen molar-refractivity contribution < 1.29 is 38.0 Å². The molecule has 0 spiro atoms. The molecular weight excluding hydrogens is 880 g/mol. The Morgan fingerprint density at radius 3 is 1.35 bits per heavy atom. The number of likely N-dealkylation sites (N-methyl/N-ethyl adjacent to an activating group) is 1. The Labute approximate surface area is 422 Å². The number of phosphoric acid groups is 1. The van der Waals surface area contributed by atoms with E-state index in [4.69, 9.17) is 9.05 Å². The minimum atomic E-state index is -4.70. The largest absolute Gasteiger partial charge is 0.756 e. The molecule has 0 aromatic rings. The maximum atomic E-state index is 12.9. The van der Waals surface area contributed by atoms with Crippen molar-refractivity contribution in [2.45, 2.75) is 193 Å². The number of quaternary nitrogens is 1. The van der Waals surface area contributed by atoms with Crippen molar-refractivity contribution in [2.75, 3.05) is 40.9 Å². The molecule has 9 nitrogen and oxygen atoms in total. The minimum Gasteiger partial charge on any atom is -0.756 e. The molecule has 0 aromatic heterocycles. The Kier molecular flexibility index (Phi) is 45.9. The zero-order valence-corrected chi connectivity index (χ0v) is 45.0. The van der Waals surface area contributed by atoms with Crippen LogP contribution in [0.5, 0.6) is 0 Å². The van der Waals surface area contributed by atoms with Crippen LogP contribution >= 0.6 is 7.82 Å². The molecule has 1 amide bonds. The molecule has 69 heavy (non-hydrogen) atoms. The van der Waals surface area contributed by atoms with E-state index in [1.807, 2.05) is 21.1 Å². The zero-order valence-electron chi connectivity index (χ0n) is 44.1. The van der Waals surface area contributed by atoms with Gasteiger partial charge in [0.1, 0.15) is 19.3 Å². The maximum Gasteiger partial charge on any atom is 0.268 e. The first-order valence-corrected chi connectivity index (χ1v) is 28.1. The maximum absolute atomic E-state index is 12.9. The lowest BCUT2D eigenvalue weighted by Gasteiger charge is -2.31. The molecule has 0 bridgehead atoms. The second-order valence-electron chi connectivity index (χ2n) is 18.6. The lowest BCUT2D eigenvalue weighted by molar-refractivity contribution is -0.870. The lowest BCUT2D eigenvalue weighted by Crippen LogP contribution is -2.51. The zero-order chi connectivity index (χ0) is 50.8. The summed E-state index contributed by atoms with van der Waals surface area (Å²) in [5, 5.41) is 24.6. The Morgan fingerprint density at radius 1 is 0.536 bits per heavy atom. The summed E-state index contributed by atoms with van der Waals surface area (Å²) in [5.41, 5.74) is 0. The predicted octanol–water partition coefficient (Wildman–Crippen LogP) is 14.3. The standard InChI is InChI=1S/C59H99N2O7P/c1-6-8-10-12-14-16-18-20-21-22-23-24-25-26-27-28-29-30-31-32-33-34-35-36-37-38-39-40-42-44-46-48-50-52-58(63)60-56(55-68-69(65,66)67-54-53-61(3,4)5)59(64)57(62)51-49-47-45-43-41-19-17-15-13-11-9-7-2/h8,10,14,16,20-21,23-24,26-27,29-30,32-33,35-36,38-39,42-45,56-57,59,62,64H,6-7,9,11-13,15,17-19,22,25,28,31,34,37,40-41,46-55H2,1-5H3,(H-,60,63,65,66)/b10-8-,16-14-,21-20-,24-23-,27-26-,30-29-,33-32-,36-35-,39-38-,44-42-,45-43+. The van der Waals surface area contributed by atoms with Crippen LogP contribution in [-0.4, -0.2) is 79.8 Å². The van der Waals surface area contributed by atoms with Crippen LogP contribution in [0, 0.1) is 0 Å². The van der Waals surface area contributed by atoms with Crippen LogP contribution in [0.15, 0.2) is 134 Å². The summed E-state index contributed by atoms with van der Waals surface area (Å²) in [6, 6.07) is -1.12. The van der Waals surface area contributed by atoms with Gasteiger partial charge in [-0.15, -0.1) is 0 Å². The number of carbonyl (C=O) groups excluding carboxylic acids is 1. The van der Waals surface area contributed by atoms with Crippen molar-refractivity contribution in [1.82, 2.24) is 5.32 Å². The molecule has 0 rings (SSSR count). The van der Waals surface area contributed by atoms with Crippen molar-refractivity contribution >= 4 is 13.7 Å². The Bertz CT molecular complexity index is 1600.